The first kappa shape index (κ1) is 20.3. The highest BCUT2D eigenvalue weighted by Gasteiger charge is 2.38. The highest BCUT2D eigenvalue weighted by molar-refractivity contribution is 5.95. The number of ether oxygens (including phenoxy) is 1. The number of hydrogen-bond acceptors (Lipinski definition) is 4. The molecule has 1 aliphatic rings. The van der Waals surface area contributed by atoms with E-state index in [0.29, 0.717) is 22.4 Å². The van der Waals surface area contributed by atoms with Gasteiger partial charge in [0.15, 0.2) is 0 Å². The number of amides is 1. The van der Waals surface area contributed by atoms with Gasteiger partial charge < -0.3 is 9.64 Å². The van der Waals surface area contributed by atoms with Crippen LogP contribution in [0.25, 0.3) is 0 Å². The molecule has 1 aliphatic heterocycles. The average Bonchev–Trinajstić information content (AvgIpc) is 2.71. The lowest BCUT2D eigenvalue weighted by atomic mass is 9.83. The molecule has 0 N–H and O–H groups in total. The summed E-state index contributed by atoms with van der Waals surface area (Å²) in [5, 5.41) is 9.33. The van der Waals surface area contributed by atoms with Gasteiger partial charge in [0.05, 0.1) is 30.4 Å². The first-order valence-electron chi connectivity index (χ1n) is 9.38. The van der Waals surface area contributed by atoms with Crippen molar-refractivity contribution in [3.05, 3.63) is 82.3 Å². The second kappa shape index (κ2) is 8.70. The third-order valence-electron chi connectivity index (χ3n) is 5.07. The molecule has 0 spiro atoms. The summed E-state index contributed by atoms with van der Waals surface area (Å²) in [5.41, 5.74) is 2.12. The van der Waals surface area contributed by atoms with E-state index in [1.165, 1.54) is 11.0 Å². The van der Waals surface area contributed by atoms with Crippen molar-refractivity contribution >= 4 is 11.9 Å². The van der Waals surface area contributed by atoms with Crippen LogP contribution >= 0.6 is 0 Å². The van der Waals surface area contributed by atoms with Gasteiger partial charge in [0.1, 0.15) is 5.82 Å². The number of nitriles is 1. The minimum absolute atomic E-state index is 0.0544. The van der Waals surface area contributed by atoms with Gasteiger partial charge in [-0.2, -0.15) is 5.26 Å². The molecule has 1 unspecified atom stereocenters. The van der Waals surface area contributed by atoms with Crippen molar-refractivity contribution < 1.29 is 18.7 Å². The number of carbonyl (C=O) groups is 2. The lowest BCUT2D eigenvalue weighted by Crippen LogP contribution is -2.38. The van der Waals surface area contributed by atoms with Crippen LogP contribution in [0, 0.1) is 17.1 Å². The quantitative estimate of drug-likeness (QED) is 0.720. The Morgan fingerprint density at radius 3 is 2.62 bits per heavy atom. The molecule has 2 aromatic carbocycles. The van der Waals surface area contributed by atoms with E-state index in [1.54, 1.807) is 56.3 Å². The number of esters is 1. The molecule has 1 heterocycles. The van der Waals surface area contributed by atoms with Crippen LogP contribution in [-0.4, -0.2) is 23.4 Å². The molecule has 0 saturated heterocycles. The highest BCUT2D eigenvalue weighted by atomic mass is 19.1. The van der Waals surface area contributed by atoms with Crippen LogP contribution in [-0.2, 0) is 20.9 Å². The summed E-state index contributed by atoms with van der Waals surface area (Å²) in [6.07, 6.45) is -0.0544. The molecular weight excluding hydrogens is 371 g/mol. The molecule has 0 bridgehead atoms. The zero-order chi connectivity index (χ0) is 21.0. The molecule has 1 amide bonds. The van der Waals surface area contributed by atoms with Crippen molar-refractivity contribution in [1.82, 2.24) is 4.90 Å². The van der Waals surface area contributed by atoms with Crippen molar-refractivity contribution in [2.24, 2.45) is 0 Å². The molecule has 148 valence electrons. The summed E-state index contributed by atoms with van der Waals surface area (Å²) in [7, 11) is 0. The van der Waals surface area contributed by atoms with Crippen LogP contribution in [0.2, 0.25) is 0 Å². The number of carbonyl (C=O) groups excluding carboxylic acids is 2. The summed E-state index contributed by atoms with van der Waals surface area (Å²) in [5.74, 6) is -1.99. The van der Waals surface area contributed by atoms with Gasteiger partial charge in [-0.15, -0.1) is 0 Å². The predicted molar refractivity (Wildman–Crippen MR) is 105 cm³/mol. The Hall–Kier alpha value is -3.46. The molecule has 3 rings (SSSR count). The first-order valence-corrected chi connectivity index (χ1v) is 9.38. The fourth-order valence-electron chi connectivity index (χ4n) is 3.64. The number of nitrogens with zero attached hydrogens (tertiary/aromatic N) is 2. The van der Waals surface area contributed by atoms with Gasteiger partial charge >= 0.3 is 5.97 Å². The Kier molecular flexibility index (Phi) is 6.08. The normalized spacial score (nSPS) is 16.6. The molecule has 0 aromatic heterocycles. The van der Waals surface area contributed by atoms with Crippen LogP contribution in [0.4, 0.5) is 4.39 Å². The molecule has 0 fully saturated rings. The Labute approximate surface area is 169 Å². The third-order valence-corrected chi connectivity index (χ3v) is 5.07. The van der Waals surface area contributed by atoms with Crippen molar-refractivity contribution in [3.8, 4) is 6.07 Å². The number of hydrogen-bond donors (Lipinski definition) is 0. The fourth-order valence-corrected chi connectivity index (χ4v) is 3.64. The van der Waals surface area contributed by atoms with Crippen molar-refractivity contribution in [2.75, 3.05) is 6.61 Å². The zero-order valence-electron chi connectivity index (χ0n) is 16.3. The highest BCUT2D eigenvalue weighted by Crippen LogP contribution is 2.38. The Morgan fingerprint density at radius 1 is 1.24 bits per heavy atom. The van der Waals surface area contributed by atoms with Crippen molar-refractivity contribution in [2.45, 2.75) is 32.7 Å². The van der Waals surface area contributed by atoms with E-state index in [9.17, 15) is 19.2 Å². The van der Waals surface area contributed by atoms with Crippen LogP contribution in [0.3, 0.4) is 0 Å². The largest absolute Gasteiger partial charge is 0.463 e. The van der Waals surface area contributed by atoms with Crippen LogP contribution in [0.1, 0.15) is 42.9 Å². The Balaban J connectivity index is 2.08. The molecule has 1 atom stereocenters. The maximum atomic E-state index is 14.5. The maximum Gasteiger partial charge on any atom is 0.336 e. The first-order chi connectivity index (χ1) is 14.0. The minimum Gasteiger partial charge on any atom is -0.463 e. The zero-order valence-corrected chi connectivity index (χ0v) is 16.3. The SMILES string of the molecule is CCOC(=O)C1=C(C)N(Cc2ccccc2C#N)C(=O)CC1c1ccccc1F. The van der Waals surface area contributed by atoms with Crippen LogP contribution in [0.5, 0.6) is 0 Å². The minimum atomic E-state index is -0.717. The molecule has 0 saturated carbocycles. The molecule has 0 aliphatic carbocycles. The summed E-state index contributed by atoms with van der Waals surface area (Å²) in [6.45, 7) is 3.68. The number of halogens is 1. The third kappa shape index (κ3) is 4.04. The van der Waals surface area contributed by atoms with E-state index in [1.807, 2.05) is 0 Å². The monoisotopic (exact) mass is 392 g/mol. The van der Waals surface area contributed by atoms with Gasteiger partial charge in [0, 0.05) is 18.0 Å². The fraction of sp³-hybridized carbons (Fsp3) is 0.261. The van der Waals surface area contributed by atoms with E-state index in [-0.39, 0.29) is 31.1 Å². The summed E-state index contributed by atoms with van der Waals surface area (Å²) in [6, 6.07) is 15.2. The van der Waals surface area contributed by atoms with Crippen LogP contribution in [0.15, 0.2) is 59.8 Å². The molecular formula is C23H21FN2O3. The lowest BCUT2D eigenvalue weighted by Gasteiger charge is -2.34. The molecule has 29 heavy (non-hydrogen) atoms. The second-order valence-electron chi connectivity index (χ2n) is 6.75. The standard InChI is InChI=1S/C23H21FN2O3/c1-3-29-23(28)22-15(2)26(14-17-9-5-4-8-16(17)13-25)21(27)12-19(22)18-10-6-7-11-20(18)24/h4-11,19H,3,12,14H2,1-2H3. The predicted octanol–water partition coefficient (Wildman–Crippen LogP) is 4.05. The molecule has 5 nitrogen and oxygen atoms in total. The van der Waals surface area contributed by atoms with E-state index < -0.39 is 17.7 Å². The van der Waals surface area contributed by atoms with Gasteiger partial charge in [-0.3, -0.25) is 4.79 Å². The maximum absolute atomic E-state index is 14.5. The van der Waals surface area contributed by atoms with Gasteiger partial charge in [0.25, 0.3) is 0 Å². The average molecular weight is 392 g/mol. The lowest BCUT2D eigenvalue weighted by molar-refractivity contribution is -0.140. The van der Waals surface area contributed by atoms with E-state index in [4.69, 9.17) is 4.74 Å². The Morgan fingerprint density at radius 2 is 1.93 bits per heavy atom. The van der Waals surface area contributed by atoms with Crippen LogP contribution < -0.4 is 0 Å². The van der Waals surface area contributed by atoms with Crippen molar-refractivity contribution in [3.63, 3.8) is 0 Å². The van der Waals surface area contributed by atoms with Gasteiger partial charge in [-0.1, -0.05) is 36.4 Å². The van der Waals surface area contributed by atoms with Gasteiger partial charge in [0.2, 0.25) is 5.91 Å². The van der Waals surface area contributed by atoms with E-state index in [2.05, 4.69) is 6.07 Å². The van der Waals surface area contributed by atoms with Gasteiger partial charge in [-0.25, -0.2) is 9.18 Å². The summed E-state index contributed by atoms with van der Waals surface area (Å²) >= 11 is 0. The molecule has 2 aromatic rings. The smallest absolute Gasteiger partial charge is 0.336 e. The summed E-state index contributed by atoms with van der Waals surface area (Å²) in [4.78, 5) is 27.2. The topological polar surface area (TPSA) is 70.4 Å². The number of benzene rings is 2. The second-order valence-corrected chi connectivity index (χ2v) is 6.75. The summed E-state index contributed by atoms with van der Waals surface area (Å²) < 4.78 is 19.7. The molecule has 6 heteroatoms. The van der Waals surface area contributed by atoms with E-state index in [0.717, 1.165) is 0 Å². The van der Waals surface area contributed by atoms with Crippen molar-refractivity contribution in [1.29, 1.82) is 5.26 Å². The molecule has 0 radical (unpaired) electrons. The van der Waals surface area contributed by atoms with Gasteiger partial charge in [-0.05, 0) is 37.1 Å². The number of allylic oxidation sites excluding steroid dienone is 1. The Bertz CT molecular complexity index is 1020. The number of rotatable bonds is 5. The van der Waals surface area contributed by atoms with E-state index >= 15 is 0 Å².